The van der Waals surface area contributed by atoms with E-state index in [0.29, 0.717) is 17.3 Å². The monoisotopic (exact) mass is 389 g/mol. The summed E-state index contributed by atoms with van der Waals surface area (Å²) in [7, 11) is 1.60. The molecule has 1 heterocycles. The summed E-state index contributed by atoms with van der Waals surface area (Å²) in [5, 5.41) is 5.29. The topological polar surface area (TPSA) is 64.4 Å². The summed E-state index contributed by atoms with van der Waals surface area (Å²) in [6.45, 7) is 1.95. The van der Waals surface area contributed by atoms with Crippen LogP contribution in [0, 0.1) is 0 Å². The van der Waals surface area contributed by atoms with E-state index < -0.39 is 5.97 Å². The average molecular weight is 390 g/mol. The van der Waals surface area contributed by atoms with Crippen molar-refractivity contribution in [3.8, 4) is 5.69 Å². The van der Waals surface area contributed by atoms with Crippen molar-refractivity contribution in [1.29, 1.82) is 0 Å². The predicted molar refractivity (Wildman–Crippen MR) is 103 cm³/mol. The van der Waals surface area contributed by atoms with Gasteiger partial charge in [0, 0.05) is 23.3 Å². The maximum Gasteiger partial charge on any atom is 0.325 e. The molecule has 7 heteroatoms. The fourth-order valence-electron chi connectivity index (χ4n) is 3.40. The van der Waals surface area contributed by atoms with Gasteiger partial charge in [-0.15, -0.1) is 0 Å². The number of hydrogen-bond donors (Lipinski definition) is 0. The van der Waals surface area contributed by atoms with Crippen molar-refractivity contribution in [3.05, 3.63) is 46.2 Å². The van der Waals surface area contributed by atoms with E-state index in [0.717, 1.165) is 49.0 Å². The van der Waals surface area contributed by atoms with Crippen LogP contribution in [-0.4, -0.2) is 46.8 Å². The van der Waals surface area contributed by atoms with E-state index in [2.05, 4.69) is 5.10 Å². The predicted octanol–water partition coefficient (Wildman–Crippen LogP) is 3.43. The first-order chi connectivity index (χ1) is 13.0. The minimum absolute atomic E-state index is 0.0880. The van der Waals surface area contributed by atoms with Gasteiger partial charge < -0.3 is 9.64 Å². The Morgan fingerprint density at radius 2 is 1.89 bits per heavy atom. The second-order valence-corrected chi connectivity index (χ2v) is 7.13. The lowest BCUT2D eigenvalue weighted by atomic mass is 10.1. The normalized spacial score (nSPS) is 13.6. The van der Waals surface area contributed by atoms with Crippen LogP contribution in [0.3, 0.4) is 0 Å². The molecule has 1 aromatic heterocycles. The zero-order valence-corrected chi connectivity index (χ0v) is 16.5. The van der Waals surface area contributed by atoms with E-state index in [1.165, 1.54) is 4.90 Å². The molecule has 0 fully saturated rings. The molecular formula is C20H24ClN3O3. The molecule has 1 aliphatic carbocycles. The summed E-state index contributed by atoms with van der Waals surface area (Å²) in [4.78, 5) is 26.1. The Morgan fingerprint density at radius 1 is 1.19 bits per heavy atom. The molecular weight excluding hydrogens is 366 g/mol. The minimum atomic E-state index is -0.420. The fraction of sp³-hybridized carbons (Fsp3) is 0.450. The average Bonchev–Trinajstić information content (AvgIpc) is 2.83. The number of carbonyl (C=O) groups is 2. The van der Waals surface area contributed by atoms with Gasteiger partial charge in [0.2, 0.25) is 0 Å². The van der Waals surface area contributed by atoms with E-state index in [1.54, 1.807) is 14.0 Å². The molecule has 0 radical (unpaired) electrons. The summed E-state index contributed by atoms with van der Waals surface area (Å²) in [5.41, 5.74) is 3.36. The number of ether oxygens (including phenoxy) is 1. The number of likely N-dealkylation sites (N-methyl/N-ethyl adjacent to an activating group) is 1. The van der Waals surface area contributed by atoms with Gasteiger partial charge >= 0.3 is 5.97 Å². The van der Waals surface area contributed by atoms with Gasteiger partial charge in [0.25, 0.3) is 5.91 Å². The Balaban J connectivity index is 1.96. The van der Waals surface area contributed by atoms with Gasteiger partial charge in [-0.05, 0) is 56.9 Å². The van der Waals surface area contributed by atoms with Crippen LogP contribution in [0.15, 0.2) is 24.3 Å². The molecule has 0 N–H and O–H groups in total. The molecule has 0 spiro atoms. The Labute approximate surface area is 164 Å². The van der Waals surface area contributed by atoms with Crippen LogP contribution < -0.4 is 0 Å². The molecule has 0 aliphatic heterocycles. The zero-order valence-electron chi connectivity index (χ0n) is 15.7. The summed E-state index contributed by atoms with van der Waals surface area (Å²) < 4.78 is 6.80. The number of amides is 1. The third kappa shape index (κ3) is 4.33. The van der Waals surface area contributed by atoms with Gasteiger partial charge in [0.05, 0.1) is 12.3 Å². The molecule has 0 saturated heterocycles. The molecule has 6 nitrogen and oxygen atoms in total. The summed E-state index contributed by atoms with van der Waals surface area (Å²) in [5.74, 6) is -0.675. The van der Waals surface area contributed by atoms with Gasteiger partial charge in [0.15, 0.2) is 5.69 Å². The smallest absolute Gasteiger partial charge is 0.325 e. The highest BCUT2D eigenvalue weighted by molar-refractivity contribution is 6.30. The summed E-state index contributed by atoms with van der Waals surface area (Å²) in [6, 6.07) is 7.43. The fourth-order valence-corrected chi connectivity index (χ4v) is 3.52. The van der Waals surface area contributed by atoms with Gasteiger partial charge in [-0.25, -0.2) is 4.68 Å². The highest BCUT2D eigenvalue weighted by Gasteiger charge is 2.27. The van der Waals surface area contributed by atoms with Crippen molar-refractivity contribution in [1.82, 2.24) is 14.7 Å². The van der Waals surface area contributed by atoms with E-state index in [9.17, 15) is 9.59 Å². The number of halogens is 1. The van der Waals surface area contributed by atoms with Crippen LogP contribution in [0.25, 0.3) is 5.69 Å². The number of fused-ring (bicyclic) bond motifs is 1. The number of carbonyl (C=O) groups excluding carboxylic acids is 2. The molecule has 1 aliphatic rings. The third-order valence-corrected chi connectivity index (χ3v) is 4.97. The SMILES string of the molecule is CCOC(=O)CN(C)C(=O)c1nn(-c2ccc(Cl)cc2)c2c1CCCCC2. The molecule has 1 amide bonds. The molecule has 0 bridgehead atoms. The van der Waals surface area contributed by atoms with Crippen LogP contribution in [0.5, 0.6) is 0 Å². The van der Waals surface area contributed by atoms with Crippen LogP contribution in [-0.2, 0) is 22.4 Å². The van der Waals surface area contributed by atoms with Gasteiger partial charge in [-0.3, -0.25) is 9.59 Å². The maximum atomic E-state index is 13.0. The Kier molecular flexibility index (Phi) is 6.16. The molecule has 0 atom stereocenters. The molecule has 2 aromatic rings. The molecule has 0 saturated carbocycles. The number of nitrogens with zero attached hydrogens (tertiary/aromatic N) is 3. The van der Waals surface area contributed by atoms with Crippen LogP contribution in [0.2, 0.25) is 5.02 Å². The largest absolute Gasteiger partial charge is 0.465 e. The van der Waals surface area contributed by atoms with Crippen molar-refractivity contribution >= 4 is 23.5 Å². The summed E-state index contributed by atoms with van der Waals surface area (Å²) >= 11 is 6.01. The van der Waals surface area contributed by atoms with E-state index in [4.69, 9.17) is 16.3 Å². The number of benzene rings is 1. The van der Waals surface area contributed by atoms with Crippen molar-refractivity contribution < 1.29 is 14.3 Å². The van der Waals surface area contributed by atoms with Gasteiger partial charge in [-0.2, -0.15) is 5.10 Å². The Morgan fingerprint density at radius 3 is 2.59 bits per heavy atom. The quantitative estimate of drug-likeness (QED) is 0.580. The van der Waals surface area contributed by atoms with Crippen molar-refractivity contribution in [2.75, 3.05) is 20.2 Å². The van der Waals surface area contributed by atoms with Crippen molar-refractivity contribution in [3.63, 3.8) is 0 Å². The Bertz CT molecular complexity index is 830. The first-order valence-electron chi connectivity index (χ1n) is 9.29. The minimum Gasteiger partial charge on any atom is -0.465 e. The number of aromatic nitrogens is 2. The van der Waals surface area contributed by atoms with Gasteiger partial charge in [-0.1, -0.05) is 18.0 Å². The molecule has 144 valence electrons. The Hall–Kier alpha value is -2.34. The first-order valence-corrected chi connectivity index (χ1v) is 9.66. The zero-order chi connectivity index (χ0) is 19.4. The van der Waals surface area contributed by atoms with Crippen molar-refractivity contribution in [2.24, 2.45) is 0 Å². The van der Waals surface area contributed by atoms with Crippen LogP contribution in [0.1, 0.15) is 47.9 Å². The molecule has 27 heavy (non-hydrogen) atoms. The van der Waals surface area contributed by atoms with Crippen molar-refractivity contribution in [2.45, 2.75) is 39.0 Å². The van der Waals surface area contributed by atoms with Crippen LogP contribution in [0.4, 0.5) is 0 Å². The molecule has 3 rings (SSSR count). The number of esters is 1. The third-order valence-electron chi connectivity index (χ3n) is 4.72. The second kappa shape index (κ2) is 8.57. The lowest BCUT2D eigenvalue weighted by Crippen LogP contribution is -2.33. The number of rotatable bonds is 5. The van der Waals surface area contributed by atoms with E-state index in [1.807, 2.05) is 28.9 Å². The first kappa shape index (κ1) is 19.4. The lowest BCUT2D eigenvalue weighted by molar-refractivity contribution is -0.143. The highest BCUT2D eigenvalue weighted by atomic mass is 35.5. The summed E-state index contributed by atoms with van der Waals surface area (Å²) in [6.07, 6.45) is 4.92. The maximum absolute atomic E-state index is 13.0. The lowest BCUT2D eigenvalue weighted by Gasteiger charge is -2.15. The van der Waals surface area contributed by atoms with Crippen LogP contribution >= 0.6 is 11.6 Å². The molecule has 0 unspecified atom stereocenters. The number of hydrogen-bond acceptors (Lipinski definition) is 4. The van der Waals surface area contributed by atoms with Gasteiger partial charge in [0.1, 0.15) is 6.54 Å². The van der Waals surface area contributed by atoms with E-state index >= 15 is 0 Å². The highest BCUT2D eigenvalue weighted by Crippen LogP contribution is 2.27. The molecule has 1 aromatic carbocycles. The van der Waals surface area contributed by atoms with E-state index in [-0.39, 0.29) is 12.5 Å². The second-order valence-electron chi connectivity index (χ2n) is 6.69. The standard InChI is InChI=1S/C20H24ClN3O3/c1-3-27-18(25)13-23(2)20(26)19-16-7-5-4-6-8-17(16)24(22-19)15-11-9-14(21)10-12-15/h9-12H,3-8,13H2,1-2H3.